The van der Waals surface area contributed by atoms with Crippen LogP contribution in [-0.2, 0) is 6.54 Å². The molecule has 1 amide bonds. The van der Waals surface area contributed by atoms with Crippen molar-refractivity contribution in [1.29, 1.82) is 0 Å². The van der Waals surface area contributed by atoms with Crippen LogP contribution < -0.4 is 11.1 Å². The first kappa shape index (κ1) is 13.7. The zero-order chi connectivity index (χ0) is 13.8. The Bertz CT molecular complexity index is 594. The molecule has 0 aliphatic carbocycles. The molecule has 0 atom stereocenters. The van der Waals surface area contributed by atoms with Gasteiger partial charge in [0.05, 0.1) is 0 Å². The van der Waals surface area contributed by atoms with E-state index in [-0.39, 0.29) is 5.91 Å². The maximum absolute atomic E-state index is 12.0. The van der Waals surface area contributed by atoms with Gasteiger partial charge in [-0.2, -0.15) is 0 Å². The highest BCUT2D eigenvalue weighted by Crippen LogP contribution is 2.17. The van der Waals surface area contributed by atoms with Crippen LogP contribution in [0.25, 0.3) is 0 Å². The van der Waals surface area contributed by atoms with E-state index in [0.717, 1.165) is 5.56 Å². The molecular weight excluding hydrogens is 283 g/mol. The summed E-state index contributed by atoms with van der Waals surface area (Å²) in [4.78, 5) is 12.0. The first-order chi connectivity index (χ1) is 9.06. The average Bonchev–Trinajstić information content (AvgIpc) is 2.36. The van der Waals surface area contributed by atoms with Crippen molar-refractivity contribution in [2.24, 2.45) is 0 Å². The highest BCUT2D eigenvalue weighted by atomic mass is 35.5. The number of carbonyl (C=O) groups is 1. The molecule has 0 aliphatic rings. The van der Waals surface area contributed by atoms with E-state index in [1.807, 2.05) is 18.2 Å². The number of carbonyl (C=O) groups excluding carboxylic acids is 1. The molecule has 98 valence electrons. The molecule has 0 unspecified atom stereocenters. The summed E-state index contributed by atoms with van der Waals surface area (Å²) in [7, 11) is 0. The van der Waals surface area contributed by atoms with Crippen LogP contribution in [0.3, 0.4) is 0 Å². The fraction of sp³-hybridized carbons (Fsp3) is 0.0714. The van der Waals surface area contributed by atoms with Gasteiger partial charge in [0.15, 0.2) is 0 Å². The van der Waals surface area contributed by atoms with E-state index in [1.165, 1.54) is 0 Å². The minimum Gasteiger partial charge on any atom is -0.399 e. The topological polar surface area (TPSA) is 55.1 Å². The summed E-state index contributed by atoms with van der Waals surface area (Å²) in [6.07, 6.45) is 0. The van der Waals surface area contributed by atoms with Crippen molar-refractivity contribution >= 4 is 34.8 Å². The van der Waals surface area contributed by atoms with Gasteiger partial charge < -0.3 is 11.1 Å². The van der Waals surface area contributed by atoms with Crippen LogP contribution in [0, 0.1) is 0 Å². The average molecular weight is 295 g/mol. The summed E-state index contributed by atoms with van der Waals surface area (Å²) < 4.78 is 0. The van der Waals surface area contributed by atoms with Crippen molar-refractivity contribution in [2.45, 2.75) is 6.54 Å². The van der Waals surface area contributed by atoms with Gasteiger partial charge in [-0.1, -0.05) is 41.4 Å². The smallest absolute Gasteiger partial charge is 0.251 e. The Morgan fingerprint density at radius 2 is 1.89 bits per heavy atom. The van der Waals surface area contributed by atoms with Crippen molar-refractivity contribution in [2.75, 3.05) is 5.73 Å². The number of hydrogen-bond acceptors (Lipinski definition) is 2. The monoisotopic (exact) mass is 294 g/mol. The number of amides is 1. The lowest BCUT2D eigenvalue weighted by Crippen LogP contribution is -2.23. The maximum Gasteiger partial charge on any atom is 0.251 e. The standard InChI is InChI=1S/C14H12Cl2N2O/c15-11-5-10(6-12(17)7-11)14(19)18-8-9-3-1-2-4-13(9)16/h1-7H,8,17H2,(H,18,19). The Morgan fingerprint density at radius 3 is 2.58 bits per heavy atom. The number of rotatable bonds is 3. The Hall–Kier alpha value is -1.71. The number of anilines is 1. The van der Waals surface area contributed by atoms with Crippen LogP contribution >= 0.6 is 23.2 Å². The van der Waals surface area contributed by atoms with Crippen molar-refractivity contribution < 1.29 is 4.79 Å². The number of nitrogen functional groups attached to an aromatic ring is 1. The number of halogens is 2. The maximum atomic E-state index is 12.0. The highest BCUT2D eigenvalue weighted by Gasteiger charge is 2.08. The second-order valence-corrected chi connectivity index (χ2v) is 4.89. The van der Waals surface area contributed by atoms with E-state index in [1.54, 1.807) is 24.3 Å². The van der Waals surface area contributed by atoms with Gasteiger partial charge in [0.2, 0.25) is 0 Å². The van der Waals surface area contributed by atoms with E-state index in [2.05, 4.69) is 5.32 Å². The third-order valence-corrected chi connectivity index (χ3v) is 3.17. The molecule has 2 aromatic carbocycles. The Morgan fingerprint density at radius 1 is 1.16 bits per heavy atom. The summed E-state index contributed by atoms with van der Waals surface area (Å²) in [5.74, 6) is -0.242. The van der Waals surface area contributed by atoms with Gasteiger partial charge in [-0.05, 0) is 29.8 Å². The predicted octanol–water partition coefficient (Wildman–Crippen LogP) is 3.51. The molecule has 0 fully saturated rings. The van der Waals surface area contributed by atoms with Crippen LogP contribution in [-0.4, -0.2) is 5.91 Å². The minimum absolute atomic E-state index is 0.242. The summed E-state index contributed by atoms with van der Waals surface area (Å²) in [6.45, 7) is 0.352. The van der Waals surface area contributed by atoms with Gasteiger partial charge in [-0.15, -0.1) is 0 Å². The normalized spacial score (nSPS) is 10.2. The van der Waals surface area contributed by atoms with Crippen molar-refractivity contribution in [3.8, 4) is 0 Å². The molecule has 3 N–H and O–H groups in total. The number of nitrogens with two attached hydrogens (primary N) is 1. The van der Waals surface area contributed by atoms with Gasteiger partial charge in [0.25, 0.3) is 5.91 Å². The Balaban J connectivity index is 2.08. The van der Waals surface area contributed by atoms with E-state index >= 15 is 0 Å². The van der Waals surface area contributed by atoms with Crippen molar-refractivity contribution in [3.05, 3.63) is 63.6 Å². The molecular formula is C14H12Cl2N2O. The van der Waals surface area contributed by atoms with E-state index < -0.39 is 0 Å². The molecule has 0 radical (unpaired) electrons. The van der Waals surface area contributed by atoms with E-state index in [0.29, 0.717) is 27.8 Å². The molecule has 2 aromatic rings. The molecule has 0 saturated heterocycles. The lowest BCUT2D eigenvalue weighted by Gasteiger charge is -2.08. The Kier molecular flexibility index (Phi) is 4.30. The summed E-state index contributed by atoms with van der Waals surface area (Å²) in [5, 5.41) is 3.83. The first-order valence-electron chi connectivity index (χ1n) is 5.64. The highest BCUT2D eigenvalue weighted by molar-refractivity contribution is 6.31. The molecule has 0 aliphatic heterocycles. The summed E-state index contributed by atoms with van der Waals surface area (Å²) >= 11 is 11.9. The van der Waals surface area contributed by atoms with Gasteiger partial charge in [0.1, 0.15) is 0 Å². The summed E-state index contributed by atoms with van der Waals surface area (Å²) in [6, 6.07) is 12.1. The van der Waals surface area contributed by atoms with E-state index in [4.69, 9.17) is 28.9 Å². The van der Waals surface area contributed by atoms with Crippen LogP contribution in [0.5, 0.6) is 0 Å². The van der Waals surface area contributed by atoms with Gasteiger partial charge >= 0.3 is 0 Å². The molecule has 3 nitrogen and oxygen atoms in total. The fourth-order valence-electron chi connectivity index (χ4n) is 1.66. The second kappa shape index (κ2) is 5.95. The van der Waals surface area contributed by atoms with Crippen LogP contribution in [0.1, 0.15) is 15.9 Å². The lowest BCUT2D eigenvalue weighted by molar-refractivity contribution is 0.0951. The largest absolute Gasteiger partial charge is 0.399 e. The van der Waals surface area contributed by atoms with Crippen molar-refractivity contribution in [1.82, 2.24) is 5.32 Å². The predicted molar refractivity (Wildman–Crippen MR) is 78.5 cm³/mol. The minimum atomic E-state index is -0.242. The third kappa shape index (κ3) is 3.63. The van der Waals surface area contributed by atoms with Crippen LogP contribution in [0.15, 0.2) is 42.5 Å². The van der Waals surface area contributed by atoms with Gasteiger partial charge in [0, 0.05) is 27.8 Å². The number of hydrogen-bond donors (Lipinski definition) is 2. The van der Waals surface area contributed by atoms with Gasteiger partial charge in [-0.25, -0.2) is 0 Å². The van der Waals surface area contributed by atoms with Crippen molar-refractivity contribution in [3.63, 3.8) is 0 Å². The van der Waals surface area contributed by atoms with Crippen LogP contribution in [0.2, 0.25) is 10.0 Å². The zero-order valence-corrected chi connectivity index (χ0v) is 11.5. The molecule has 0 spiro atoms. The molecule has 0 aromatic heterocycles. The fourth-order valence-corrected chi connectivity index (χ4v) is 2.11. The molecule has 19 heavy (non-hydrogen) atoms. The molecule has 0 bridgehead atoms. The van der Waals surface area contributed by atoms with Gasteiger partial charge in [-0.3, -0.25) is 4.79 Å². The first-order valence-corrected chi connectivity index (χ1v) is 6.39. The zero-order valence-electron chi connectivity index (χ0n) is 9.99. The number of nitrogens with one attached hydrogen (secondary N) is 1. The lowest BCUT2D eigenvalue weighted by atomic mass is 10.1. The van der Waals surface area contributed by atoms with Crippen LogP contribution in [0.4, 0.5) is 5.69 Å². The summed E-state index contributed by atoms with van der Waals surface area (Å²) in [5.41, 5.74) is 7.38. The van der Waals surface area contributed by atoms with E-state index in [9.17, 15) is 4.79 Å². The molecule has 2 rings (SSSR count). The second-order valence-electron chi connectivity index (χ2n) is 4.05. The SMILES string of the molecule is Nc1cc(Cl)cc(C(=O)NCc2ccccc2Cl)c1. The number of benzene rings is 2. The third-order valence-electron chi connectivity index (χ3n) is 2.58. The Labute approximate surface area is 121 Å². The molecule has 0 heterocycles. The quantitative estimate of drug-likeness (QED) is 0.851. The molecule has 5 heteroatoms. The molecule has 0 saturated carbocycles.